The smallest absolute Gasteiger partial charge is 0.352 e. The van der Waals surface area contributed by atoms with Gasteiger partial charge in [0.15, 0.2) is 0 Å². The van der Waals surface area contributed by atoms with Crippen molar-refractivity contribution in [1.29, 1.82) is 0 Å². The zero-order chi connectivity index (χ0) is 31.9. The van der Waals surface area contributed by atoms with Gasteiger partial charge in [-0.25, -0.2) is 13.6 Å². The van der Waals surface area contributed by atoms with Crippen molar-refractivity contribution < 1.29 is 28.2 Å². The molecular formula is C37H33F2N3O4. The summed E-state index contributed by atoms with van der Waals surface area (Å²) in [4.78, 5) is 13.1. The Hall–Kier alpha value is -5.02. The number of halogens is 2. The average Bonchev–Trinajstić information content (AvgIpc) is 3.53. The van der Waals surface area contributed by atoms with Crippen LogP contribution in [0.1, 0.15) is 51.9 Å². The number of rotatable bonds is 7. The average molecular weight is 622 g/mol. The minimum absolute atomic E-state index is 0.118. The minimum atomic E-state index is -1.09. The molecule has 0 radical (unpaired) electrons. The molecule has 1 aliphatic heterocycles. The van der Waals surface area contributed by atoms with Gasteiger partial charge in [-0.1, -0.05) is 55.5 Å². The van der Waals surface area contributed by atoms with Crippen LogP contribution in [0.2, 0.25) is 0 Å². The lowest BCUT2D eigenvalue weighted by atomic mass is 9.96. The fourth-order valence-electron chi connectivity index (χ4n) is 6.87. The number of benzene rings is 4. The van der Waals surface area contributed by atoms with Gasteiger partial charge in [-0.15, -0.1) is 0 Å². The number of hydrogen-bond acceptors (Lipinski definition) is 4. The number of fused-ring (bicyclic) bond motifs is 4. The highest BCUT2D eigenvalue weighted by Gasteiger charge is 2.30. The predicted octanol–water partition coefficient (Wildman–Crippen LogP) is 7.82. The number of aryl methyl sites for hydroxylation is 2. The third-order valence-corrected chi connectivity index (χ3v) is 8.91. The van der Waals surface area contributed by atoms with Gasteiger partial charge >= 0.3 is 5.97 Å². The maximum absolute atomic E-state index is 16.2. The Bertz CT molecular complexity index is 2130. The van der Waals surface area contributed by atoms with Gasteiger partial charge in [-0.05, 0) is 60.2 Å². The normalized spacial score (nSPS) is 13.0. The minimum Gasteiger partial charge on any atom is -0.493 e. The van der Waals surface area contributed by atoms with Crippen molar-refractivity contribution in [2.75, 3.05) is 6.61 Å². The van der Waals surface area contributed by atoms with Crippen molar-refractivity contribution in [3.8, 4) is 16.9 Å². The first-order valence-corrected chi connectivity index (χ1v) is 15.4. The number of carbonyl (C=O) groups is 1. The molecule has 3 heterocycles. The zero-order valence-electron chi connectivity index (χ0n) is 25.6. The van der Waals surface area contributed by atoms with Crippen LogP contribution in [0.25, 0.3) is 32.8 Å². The van der Waals surface area contributed by atoms with Crippen molar-refractivity contribution in [3.63, 3.8) is 0 Å². The topological polar surface area (TPSA) is 78.5 Å². The Morgan fingerprint density at radius 3 is 2.43 bits per heavy atom. The molecule has 0 bridgehead atoms. The second kappa shape index (κ2) is 12.1. The Morgan fingerprint density at radius 2 is 1.65 bits per heavy atom. The molecule has 0 spiro atoms. The van der Waals surface area contributed by atoms with Gasteiger partial charge in [-0.2, -0.15) is 5.10 Å². The molecule has 7 rings (SSSR count). The molecule has 0 saturated heterocycles. The predicted molar refractivity (Wildman–Crippen MR) is 172 cm³/mol. The summed E-state index contributed by atoms with van der Waals surface area (Å²) in [6, 6.07) is 21.0. The summed E-state index contributed by atoms with van der Waals surface area (Å²) < 4.78 is 46.3. The highest BCUT2D eigenvalue weighted by Crippen LogP contribution is 2.41. The van der Waals surface area contributed by atoms with E-state index in [-0.39, 0.29) is 31.3 Å². The third kappa shape index (κ3) is 5.01. The Morgan fingerprint density at radius 1 is 0.913 bits per heavy atom. The molecule has 46 heavy (non-hydrogen) atoms. The van der Waals surface area contributed by atoms with Crippen LogP contribution in [0.15, 0.2) is 72.8 Å². The van der Waals surface area contributed by atoms with Crippen molar-refractivity contribution in [3.05, 3.63) is 118 Å². The molecule has 4 aromatic carbocycles. The van der Waals surface area contributed by atoms with Crippen molar-refractivity contribution in [2.24, 2.45) is 7.05 Å². The van der Waals surface area contributed by atoms with E-state index in [0.29, 0.717) is 75.7 Å². The number of hydrogen-bond donors (Lipinski definition) is 1. The number of ether oxygens (including phenoxy) is 2. The van der Waals surface area contributed by atoms with Gasteiger partial charge in [-0.3, -0.25) is 4.68 Å². The first kappa shape index (κ1) is 29.7. The van der Waals surface area contributed by atoms with Crippen LogP contribution in [0, 0.1) is 11.6 Å². The van der Waals surface area contributed by atoms with Gasteiger partial charge in [0.25, 0.3) is 0 Å². The standard InChI is InChI=1S/C37H33F2N3O4/c1-3-31-34-30(40-41(31)2)21-45-20-23-10-5-4-9-22(23)19-42-35-27(14-15-29(39)33(34)35)26(36(42)37(43)44)13-8-18-46-32-17-16-28(38)24-11-6-7-12-25(24)32/h4-7,9-12,14-17H,3,8,13,18-21H2,1-2H3,(H,43,44). The van der Waals surface area contributed by atoms with Crippen molar-refractivity contribution >= 4 is 27.6 Å². The summed E-state index contributed by atoms with van der Waals surface area (Å²) in [5.74, 6) is -1.29. The van der Waals surface area contributed by atoms with E-state index in [0.717, 1.165) is 16.8 Å². The molecular weight excluding hydrogens is 588 g/mol. The molecule has 6 aromatic rings. The summed E-state index contributed by atoms with van der Waals surface area (Å²) in [5.41, 5.74) is 5.51. The highest BCUT2D eigenvalue weighted by atomic mass is 19.1. The molecule has 2 aromatic heterocycles. The van der Waals surface area contributed by atoms with Crippen molar-refractivity contribution in [2.45, 2.75) is 45.9 Å². The Kier molecular flexibility index (Phi) is 7.78. The molecule has 234 valence electrons. The van der Waals surface area contributed by atoms with Crippen molar-refractivity contribution in [1.82, 2.24) is 14.3 Å². The first-order valence-electron chi connectivity index (χ1n) is 15.4. The largest absolute Gasteiger partial charge is 0.493 e. The van der Waals surface area contributed by atoms with E-state index in [2.05, 4.69) is 0 Å². The van der Waals surface area contributed by atoms with Crippen LogP contribution in [-0.4, -0.2) is 32.0 Å². The van der Waals surface area contributed by atoms with Crippen LogP contribution in [0.3, 0.4) is 0 Å². The quantitative estimate of drug-likeness (QED) is 0.184. The summed E-state index contributed by atoms with van der Waals surface area (Å²) >= 11 is 0. The molecule has 0 fully saturated rings. The third-order valence-electron chi connectivity index (χ3n) is 8.91. The van der Waals surface area contributed by atoms with E-state index in [9.17, 15) is 14.3 Å². The van der Waals surface area contributed by atoms with Gasteiger partial charge < -0.3 is 19.1 Å². The molecule has 0 atom stereocenters. The molecule has 0 unspecified atom stereocenters. The van der Waals surface area contributed by atoms with Crippen LogP contribution < -0.4 is 4.74 Å². The van der Waals surface area contributed by atoms with Crippen LogP contribution in [-0.2, 0) is 44.4 Å². The summed E-state index contributed by atoms with van der Waals surface area (Å²) in [7, 11) is 1.84. The lowest BCUT2D eigenvalue weighted by Crippen LogP contribution is -2.13. The molecule has 9 heteroatoms. The number of carboxylic acids is 1. The molecule has 0 aliphatic carbocycles. The van der Waals surface area contributed by atoms with Gasteiger partial charge in [0, 0.05) is 46.6 Å². The second-order valence-corrected chi connectivity index (χ2v) is 11.6. The Labute approximate surface area is 264 Å². The monoisotopic (exact) mass is 621 g/mol. The molecule has 0 saturated carbocycles. The molecule has 7 nitrogen and oxygen atoms in total. The summed E-state index contributed by atoms with van der Waals surface area (Å²) in [5, 5.41) is 17.3. The van der Waals surface area contributed by atoms with E-state index in [1.807, 2.05) is 50.4 Å². The van der Waals surface area contributed by atoms with E-state index in [4.69, 9.17) is 14.6 Å². The zero-order valence-corrected chi connectivity index (χ0v) is 25.6. The lowest BCUT2D eigenvalue weighted by molar-refractivity contribution is 0.0684. The fourth-order valence-corrected chi connectivity index (χ4v) is 6.87. The maximum Gasteiger partial charge on any atom is 0.352 e. The van der Waals surface area contributed by atoms with E-state index in [1.165, 1.54) is 12.1 Å². The number of aromatic carboxylic acids is 1. The number of nitrogens with zero attached hydrogens (tertiary/aromatic N) is 3. The lowest BCUT2D eigenvalue weighted by Gasteiger charge is -2.15. The fraction of sp³-hybridized carbons (Fsp3) is 0.243. The van der Waals surface area contributed by atoms with Gasteiger partial charge in [0.2, 0.25) is 0 Å². The van der Waals surface area contributed by atoms with Gasteiger partial charge in [0.05, 0.1) is 31.0 Å². The maximum atomic E-state index is 16.2. The van der Waals surface area contributed by atoms with E-state index >= 15 is 4.39 Å². The molecule has 1 aliphatic rings. The highest BCUT2D eigenvalue weighted by molar-refractivity contribution is 6.04. The van der Waals surface area contributed by atoms with E-state index < -0.39 is 11.8 Å². The molecule has 0 amide bonds. The number of aromatic nitrogens is 3. The Balaban J connectivity index is 1.37. The summed E-state index contributed by atoms with van der Waals surface area (Å²) in [6.07, 6.45) is 1.46. The molecule has 1 N–H and O–H groups in total. The van der Waals surface area contributed by atoms with E-state index in [1.54, 1.807) is 33.5 Å². The second-order valence-electron chi connectivity index (χ2n) is 11.6. The summed E-state index contributed by atoms with van der Waals surface area (Å²) in [6.45, 7) is 2.99. The SMILES string of the molecule is CCc1c2c(nn1C)COCc1ccccc1Cn1c(C(=O)O)c(CCCOc3ccc(F)c4ccccc34)c3ccc(F)c-2c31. The first-order chi connectivity index (χ1) is 22.4. The van der Waals surface area contributed by atoms with Crippen LogP contribution >= 0.6 is 0 Å². The van der Waals surface area contributed by atoms with Gasteiger partial charge in [0.1, 0.15) is 23.1 Å². The van der Waals surface area contributed by atoms with Crippen LogP contribution in [0.5, 0.6) is 5.75 Å². The number of carboxylic acid groups (broad SMARTS) is 1. The van der Waals surface area contributed by atoms with Crippen LogP contribution in [0.4, 0.5) is 8.78 Å².